The van der Waals surface area contributed by atoms with Crippen molar-refractivity contribution in [1.82, 2.24) is 4.90 Å². The number of hydrogen-bond donors (Lipinski definition) is 1. The van der Waals surface area contributed by atoms with Gasteiger partial charge in [0.1, 0.15) is 0 Å². The van der Waals surface area contributed by atoms with Gasteiger partial charge in [-0.3, -0.25) is 0 Å². The average Bonchev–Trinajstić information content (AvgIpc) is 2.26. The summed E-state index contributed by atoms with van der Waals surface area (Å²) in [6, 6.07) is 1.24. The van der Waals surface area contributed by atoms with Gasteiger partial charge in [-0.2, -0.15) is 0 Å². The summed E-state index contributed by atoms with van der Waals surface area (Å²) in [4.78, 5) is 2.52. The van der Waals surface area contributed by atoms with Crippen molar-refractivity contribution in [2.24, 2.45) is 5.73 Å². The first-order valence-electron chi connectivity index (χ1n) is 6.20. The fraction of sp³-hybridized carbons (Fsp3) is 1.00. The highest BCUT2D eigenvalue weighted by atomic mass is 15.1. The minimum atomic E-state index is 0.404. The fourth-order valence-electron chi connectivity index (χ4n) is 2.28. The van der Waals surface area contributed by atoms with Crippen LogP contribution in [0.3, 0.4) is 0 Å². The molecule has 1 rings (SSSR count). The van der Waals surface area contributed by atoms with Crippen LogP contribution in [0.4, 0.5) is 0 Å². The Morgan fingerprint density at radius 1 is 1.29 bits per heavy atom. The summed E-state index contributed by atoms with van der Waals surface area (Å²) >= 11 is 0. The molecule has 14 heavy (non-hydrogen) atoms. The van der Waals surface area contributed by atoms with E-state index in [1.807, 2.05) is 0 Å². The molecule has 1 aliphatic carbocycles. The lowest BCUT2D eigenvalue weighted by Gasteiger charge is -2.31. The van der Waals surface area contributed by atoms with Crippen LogP contribution in [0.25, 0.3) is 0 Å². The summed E-state index contributed by atoms with van der Waals surface area (Å²) in [7, 11) is 2.26. The number of hydrogen-bond acceptors (Lipinski definition) is 2. The second kappa shape index (κ2) is 6.41. The summed E-state index contributed by atoms with van der Waals surface area (Å²) in [6.45, 7) is 3.35. The molecule has 0 amide bonds. The predicted octanol–water partition coefficient (Wildman–Crippen LogP) is 2.38. The van der Waals surface area contributed by atoms with Crippen LogP contribution in [0, 0.1) is 0 Å². The summed E-state index contributed by atoms with van der Waals surface area (Å²) in [5, 5.41) is 0. The Bertz CT molecular complexity index is 141. The molecule has 1 saturated carbocycles. The molecule has 2 nitrogen and oxygen atoms in total. The zero-order valence-corrected chi connectivity index (χ0v) is 9.84. The van der Waals surface area contributed by atoms with E-state index in [4.69, 9.17) is 5.73 Å². The smallest absolute Gasteiger partial charge is 0.00922 e. The van der Waals surface area contributed by atoms with Crippen LogP contribution in [-0.2, 0) is 0 Å². The van der Waals surface area contributed by atoms with E-state index >= 15 is 0 Å². The second-order valence-electron chi connectivity index (χ2n) is 4.73. The van der Waals surface area contributed by atoms with Crippen LogP contribution < -0.4 is 5.73 Å². The third-order valence-electron chi connectivity index (χ3n) is 3.58. The predicted molar refractivity (Wildman–Crippen MR) is 62.4 cm³/mol. The minimum absolute atomic E-state index is 0.404. The normalized spacial score (nSPS) is 21.4. The lowest BCUT2D eigenvalue weighted by atomic mass is 9.94. The standard InChI is InChI=1S/C12H26N2/c1-3-11(13)9-10-14(2)12-7-5-4-6-8-12/h11-12H,3-10,13H2,1-2H3. The molecule has 1 aliphatic rings. The number of nitrogens with zero attached hydrogens (tertiary/aromatic N) is 1. The van der Waals surface area contributed by atoms with Gasteiger partial charge in [-0.05, 0) is 39.3 Å². The van der Waals surface area contributed by atoms with Crippen molar-refractivity contribution in [3.8, 4) is 0 Å². The van der Waals surface area contributed by atoms with Gasteiger partial charge in [-0.25, -0.2) is 0 Å². The lowest BCUT2D eigenvalue weighted by Crippen LogP contribution is -2.36. The fourth-order valence-corrected chi connectivity index (χ4v) is 2.28. The third-order valence-corrected chi connectivity index (χ3v) is 3.58. The summed E-state index contributed by atoms with van der Waals surface area (Å²) in [6.07, 6.45) is 9.36. The zero-order chi connectivity index (χ0) is 10.4. The Labute approximate surface area is 88.8 Å². The average molecular weight is 198 g/mol. The van der Waals surface area contributed by atoms with Gasteiger partial charge in [0.05, 0.1) is 0 Å². The minimum Gasteiger partial charge on any atom is -0.328 e. The summed E-state index contributed by atoms with van der Waals surface area (Å²) in [5.41, 5.74) is 5.92. The molecule has 0 aromatic carbocycles. The van der Waals surface area contributed by atoms with Crippen LogP contribution >= 0.6 is 0 Å². The van der Waals surface area contributed by atoms with Crippen molar-refractivity contribution in [2.45, 2.75) is 64.0 Å². The van der Waals surface area contributed by atoms with Crippen LogP contribution in [-0.4, -0.2) is 30.6 Å². The molecule has 1 unspecified atom stereocenters. The molecule has 84 valence electrons. The quantitative estimate of drug-likeness (QED) is 0.735. The molecule has 1 fully saturated rings. The maximum absolute atomic E-state index is 5.92. The molecular weight excluding hydrogens is 172 g/mol. The lowest BCUT2D eigenvalue weighted by molar-refractivity contribution is 0.186. The van der Waals surface area contributed by atoms with Crippen LogP contribution in [0.1, 0.15) is 51.9 Å². The van der Waals surface area contributed by atoms with Crippen molar-refractivity contribution in [3.05, 3.63) is 0 Å². The Hall–Kier alpha value is -0.0800. The first kappa shape index (κ1) is 12.0. The van der Waals surface area contributed by atoms with E-state index in [0.29, 0.717) is 6.04 Å². The molecule has 2 N–H and O–H groups in total. The highest BCUT2D eigenvalue weighted by molar-refractivity contribution is 4.74. The van der Waals surface area contributed by atoms with E-state index in [1.54, 1.807) is 0 Å². The van der Waals surface area contributed by atoms with E-state index in [1.165, 1.54) is 38.6 Å². The number of rotatable bonds is 5. The largest absolute Gasteiger partial charge is 0.328 e. The van der Waals surface area contributed by atoms with Gasteiger partial charge >= 0.3 is 0 Å². The Balaban J connectivity index is 2.16. The third kappa shape index (κ3) is 3.97. The molecule has 0 aromatic rings. The van der Waals surface area contributed by atoms with E-state index in [9.17, 15) is 0 Å². The Morgan fingerprint density at radius 2 is 1.93 bits per heavy atom. The van der Waals surface area contributed by atoms with E-state index in [-0.39, 0.29) is 0 Å². The van der Waals surface area contributed by atoms with E-state index in [2.05, 4.69) is 18.9 Å². The highest BCUT2D eigenvalue weighted by Gasteiger charge is 2.17. The monoisotopic (exact) mass is 198 g/mol. The van der Waals surface area contributed by atoms with Crippen molar-refractivity contribution in [3.63, 3.8) is 0 Å². The highest BCUT2D eigenvalue weighted by Crippen LogP contribution is 2.21. The zero-order valence-electron chi connectivity index (χ0n) is 9.84. The topological polar surface area (TPSA) is 29.3 Å². The molecule has 2 heteroatoms. The van der Waals surface area contributed by atoms with Crippen LogP contribution in [0.5, 0.6) is 0 Å². The first-order valence-corrected chi connectivity index (χ1v) is 6.20. The molecule has 0 aromatic heterocycles. The van der Waals surface area contributed by atoms with Crippen molar-refractivity contribution >= 4 is 0 Å². The second-order valence-corrected chi connectivity index (χ2v) is 4.73. The number of nitrogens with two attached hydrogens (primary N) is 1. The molecule has 0 heterocycles. The van der Waals surface area contributed by atoms with Gasteiger partial charge < -0.3 is 10.6 Å². The van der Waals surface area contributed by atoms with Crippen molar-refractivity contribution < 1.29 is 0 Å². The summed E-state index contributed by atoms with van der Waals surface area (Å²) < 4.78 is 0. The van der Waals surface area contributed by atoms with E-state index < -0.39 is 0 Å². The van der Waals surface area contributed by atoms with Gasteiger partial charge in [0, 0.05) is 12.1 Å². The maximum atomic E-state index is 5.92. The van der Waals surface area contributed by atoms with Gasteiger partial charge in [-0.1, -0.05) is 26.2 Å². The molecule has 0 saturated heterocycles. The Kier molecular flexibility index (Phi) is 5.49. The molecule has 0 bridgehead atoms. The van der Waals surface area contributed by atoms with Crippen LogP contribution in [0.15, 0.2) is 0 Å². The molecular formula is C12H26N2. The van der Waals surface area contributed by atoms with Gasteiger partial charge in [0.15, 0.2) is 0 Å². The Morgan fingerprint density at radius 3 is 2.50 bits per heavy atom. The maximum Gasteiger partial charge on any atom is 0.00922 e. The first-order chi connectivity index (χ1) is 6.74. The molecule has 1 atom stereocenters. The van der Waals surface area contributed by atoms with E-state index in [0.717, 1.165) is 18.9 Å². The van der Waals surface area contributed by atoms with Crippen molar-refractivity contribution in [2.75, 3.05) is 13.6 Å². The molecule has 0 spiro atoms. The van der Waals surface area contributed by atoms with Crippen molar-refractivity contribution in [1.29, 1.82) is 0 Å². The molecule has 0 aliphatic heterocycles. The van der Waals surface area contributed by atoms with Gasteiger partial charge in [0.25, 0.3) is 0 Å². The van der Waals surface area contributed by atoms with Gasteiger partial charge in [0.2, 0.25) is 0 Å². The molecule has 0 radical (unpaired) electrons. The summed E-state index contributed by atoms with van der Waals surface area (Å²) in [5.74, 6) is 0. The van der Waals surface area contributed by atoms with Crippen LogP contribution in [0.2, 0.25) is 0 Å². The van der Waals surface area contributed by atoms with Gasteiger partial charge in [-0.15, -0.1) is 0 Å². The SMILES string of the molecule is CCC(N)CCN(C)C1CCCCC1.